The number of hydrogen-bond acceptors (Lipinski definition) is 5. The number of carbonyl (C=O) groups excluding carboxylic acids is 1. The number of fused-ring (bicyclic) bond motifs is 1. The number of carbonyl (C=O) groups is 1. The molecule has 1 amide bonds. The predicted molar refractivity (Wildman–Crippen MR) is 170 cm³/mol. The molecule has 42 heavy (non-hydrogen) atoms. The minimum absolute atomic E-state index is 0.0980. The SMILES string of the molecule is CC[C@H](NC(=O)c1c(CN2CCC(N3CCCCC3)CC2)c(-c2ccccc2)nc2cc(O)ccc12)c1ccccc1. The Labute approximate surface area is 249 Å². The molecule has 6 heteroatoms. The number of amides is 1. The van der Waals surface area contributed by atoms with E-state index in [0.29, 0.717) is 23.7 Å². The number of nitrogens with zero attached hydrogens (tertiary/aromatic N) is 3. The predicted octanol–water partition coefficient (Wildman–Crippen LogP) is 6.94. The van der Waals surface area contributed by atoms with Gasteiger partial charge in [0.05, 0.1) is 22.8 Å². The number of benzene rings is 3. The van der Waals surface area contributed by atoms with Crippen LogP contribution < -0.4 is 5.32 Å². The molecule has 2 aliphatic heterocycles. The van der Waals surface area contributed by atoms with Crippen molar-refractivity contribution in [3.05, 3.63) is 95.6 Å². The monoisotopic (exact) mass is 562 g/mol. The lowest BCUT2D eigenvalue weighted by atomic mass is 9.93. The Hall–Kier alpha value is -3.74. The minimum Gasteiger partial charge on any atom is -0.508 e. The van der Waals surface area contributed by atoms with Gasteiger partial charge in [0.1, 0.15) is 5.75 Å². The van der Waals surface area contributed by atoms with Gasteiger partial charge in [-0.25, -0.2) is 4.98 Å². The van der Waals surface area contributed by atoms with Crippen LogP contribution in [0.5, 0.6) is 5.75 Å². The fraction of sp³-hybridized carbons (Fsp3) is 0.389. The van der Waals surface area contributed by atoms with E-state index in [2.05, 4.69) is 46.3 Å². The van der Waals surface area contributed by atoms with Crippen molar-refractivity contribution in [2.75, 3.05) is 26.2 Å². The first-order valence-corrected chi connectivity index (χ1v) is 15.6. The highest BCUT2D eigenvalue weighted by Gasteiger charge is 2.29. The van der Waals surface area contributed by atoms with E-state index in [0.717, 1.165) is 60.1 Å². The molecule has 3 aromatic carbocycles. The summed E-state index contributed by atoms with van der Waals surface area (Å²) in [4.78, 5) is 24.7. The van der Waals surface area contributed by atoms with Crippen molar-refractivity contribution in [2.24, 2.45) is 0 Å². The van der Waals surface area contributed by atoms with Gasteiger partial charge in [-0.3, -0.25) is 9.69 Å². The van der Waals surface area contributed by atoms with Gasteiger partial charge in [-0.15, -0.1) is 0 Å². The summed E-state index contributed by atoms with van der Waals surface area (Å²) in [5, 5.41) is 14.5. The third-order valence-corrected chi connectivity index (χ3v) is 9.11. The van der Waals surface area contributed by atoms with Gasteiger partial charge in [0, 0.05) is 35.2 Å². The van der Waals surface area contributed by atoms with Gasteiger partial charge in [0.15, 0.2) is 0 Å². The maximum Gasteiger partial charge on any atom is 0.252 e. The van der Waals surface area contributed by atoms with Gasteiger partial charge in [0.25, 0.3) is 5.91 Å². The number of nitrogens with one attached hydrogen (secondary N) is 1. The second-order valence-electron chi connectivity index (χ2n) is 11.8. The van der Waals surface area contributed by atoms with Crippen molar-refractivity contribution in [3.63, 3.8) is 0 Å². The van der Waals surface area contributed by atoms with Crippen LogP contribution in [-0.4, -0.2) is 58.0 Å². The zero-order chi connectivity index (χ0) is 28.9. The summed E-state index contributed by atoms with van der Waals surface area (Å²) in [5.74, 6) is 0.0443. The molecule has 4 aromatic rings. The van der Waals surface area contributed by atoms with Crippen LogP contribution in [0.3, 0.4) is 0 Å². The first-order valence-electron chi connectivity index (χ1n) is 15.6. The zero-order valence-corrected chi connectivity index (χ0v) is 24.6. The highest BCUT2D eigenvalue weighted by atomic mass is 16.3. The molecule has 6 nitrogen and oxygen atoms in total. The Kier molecular flexibility index (Phi) is 8.82. The average Bonchev–Trinajstić information content (AvgIpc) is 3.04. The highest BCUT2D eigenvalue weighted by Crippen LogP contribution is 2.34. The van der Waals surface area contributed by atoms with Gasteiger partial charge in [0.2, 0.25) is 0 Å². The second kappa shape index (κ2) is 13.1. The first-order chi connectivity index (χ1) is 20.6. The molecule has 2 N–H and O–H groups in total. The van der Waals surface area contributed by atoms with Crippen LogP contribution in [0.15, 0.2) is 78.9 Å². The lowest BCUT2D eigenvalue weighted by Gasteiger charge is -2.40. The molecule has 3 heterocycles. The van der Waals surface area contributed by atoms with E-state index in [1.54, 1.807) is 12.1 Å². The van der Waals surface area contributed by atoms with Crippen LogP contribution in [0.2, 0.25) is 0 Å². The van der Waals surface area contributed by atoms with E-state index in [9.17, 15) is 9.90 Å². The molecule has 0 spiro atoms. The van der Waals surface area contributed by atoms with Crippen molar-refractivity contribution in [2.45, 2.75) is 64.1 Å². The van der Waals surface area contributed by atoms with Crippen LogP contribution in [-0.2, 0) is 6.54 Å². The lowest BCUT2D eigenvalue weighted by Crippen LogP contribution is -2.46. The summed E-state index contributed by atoms with van der Waals surface area (Å²) in [7, 11) is 0. The van der Waals surface area contributed by atoms with Crippen molar-refractivity contribution < 1.29 is 9.90 Å². The molecule has 0 saturated carbocycles. The molecule has 0 bridgehead atoms. The maximum absolute atomic E-state index is 14.4. The topological polar surface area (TPSA) is 68.7 Å². The van der Waals surface area contributed by atoms with Crippen molar-refractivity contribution >= 4 is 16.8 Å². The largest absolute Gasteiger partial charge is 0.508 e. The average molecular weight is 563 g/mol. The third kappa shape index (κ3) is 6.20. The Morgan fingerprint density at radius 1 is 0.929 bits per heavy atom. The van der Waals surface area contributed by atoms with E-state index < -0.39 is 0 Å². The maximum atomic E-state index is 14.4. The van der Waals surface area contributed by atoms with Gasteiger partial charge < -0.3 is 15.3 Å². The molecule has 2 saturated heterocycles. The van der Waals surface area contributed by atoms with Crippen molar-refractivity contribution in [3.8, 4) is 17.0 Å². The first kappa shape index (κ1) is 28.4. The van der Waals surface area contributed by atoms with Crippen molar-refractivity contribution in [1.82, 2.24) is 20.1 Å². The molecule has 2 aliphatic rings. The molecule has 1 aromatic heterocycles. The number of hydrogen-bond donors (Lipinski definition) is 2. The highest BCUT2D eigenvalue weighted by molar-refractivity contribution is 6.09. The fourth-order valence-corrected chi connectivity index (χ4v) is 6.83. The fourth-order valence-electron chi connectivity index (χ4n) is 6.83. The Morgan fingerprint density at radius 3 is 2.31 bits per heavy atom. The molecule has 0 aliphatic carbocycles. The summed E-state index contributed by atoms with van der Waals surface area (Å²) in [6.07, 6.45) is 7.09. The summed E-state index contributed by atoms with van der Waals surface area (Å²) in [6.45, 7) is 7.23. The summed E-state index contributed by atoms with van der Waals surface area (Å²) in [6, 6.07) is 26.0. The van der Waals surface area contributed by atoms with Crippen LogP contribution in [0.25, 0.3) is 22.2 Å². The van der Waals surface area contributed by atoms with Crippen LogP contribution in [0, 0.1) is 0 Å². The summed E-state index contributed by atoms with van der Waals surface area (Å²) in [5.41, 5.74) is 5.12. The normalized spacial score (nSPS) is 17.7. The molecule has 218 valence electrons. The van der Waals surface area contributed by atoms with Gasteiger partial charge in [-0.2, -0.15) is 0 Å². The minimum atomic E-state index is -0.104. The third-order valence-electron chi connectivity index (χ3n) is 9.11. The Bertz CT molecular complexity index is 1490. The molecule has 0 radical (unpaired) electrons. The molecule has 6 rings (SSSR count). The molecule has 2 fully saturated rings. The van der Waals surface area contributed by atoms with Gasteiger partial charge >= 0.3 is 0 Å². The number of phenols is 1. The number of piperidine rings is 2. The number of rotatable bonds is 8. The summed E-state index contributed by atoms with van der Waals surface area (Å²) >= 11 is 0. The number of pyridine rings is 1. The summed E-state index contributed by atoms with van der Waals surface area (Å²) < 4.78 is 0. The number of phenolic OH excluding ortho intramolecular Hbond substituents is 1. The van der Waals surface area contributed by atoms with E-state index in [1.807, 2.05) is 42.5 Å². The smallest absolute Gasteiger partial charge is 0.252 e. The lowest BCUT2D eigenvalue weighted by molar-refractivity contribution is 0.0883. The second-order valence-corrected chi connectivity index (χ2v) is 11.8. The number of aromatic nitrogens is 1. The van der Waals surface area contributed by atoms with E-state index >= 15 is 0 Å². The molecule has 0 unspecified atom stereocenters. The van der Waals surface area contributed by atoms with Crippen LogP contribution in [0.1, 0.15) is 73.0 Å². The van der Waals surface area contributed by atoms with Crippen molar-refractivity contribution in [1.29, 1.82) is 0 Å². The number of aromatic hydroxyl groups is 1. The standard InChI is InChI=1S/C36H42N4O2/c1-2-32(26-12-6-3-7-13-26)38-36(42)34-30-17-16-29(41)24-33(30)37-35(27-14-8-4-9-15-27)31(34)25-39-22-18-28(19-23-39)40-20-10-5-11-21-40/h3-4,6-9,12-17,24,28,32,41H,2,5,10-11,18-23,25H2,1H3,(H,38,42)/t32-/m0/s1. The Morgan fingerprint density at radius 2 is 1.62 bits per heavy atom. The Balaban J connectivity index is 1.39. The molecular formula is C36H42N4O2. The quantitative estimate of drug-likeness (QED) is 0.244. The number of likely N-dealkylation sites (tertiary alicyclic amines) is 2. The van der Waals surface area contributed by atoms with Gasteiger partial charge in [-0.05, 0) is 76.0 Å². The van der Waals surface area contributed by atoms with Gasteiger partial charge in [-0.1, -0.05) is 74.0 Å². The van der Waals surface area contributed by atoms with Crippen LogP contribution >= 0.6 is 0 Å². The molecular weight excluding hydrogens is 520 g/mol. The zero-order valence-electron chi connectivity index (χ0n) is 24.6. The van der Waals surface area contributed by atoms with E-state index in [1.165, 1.54) is 32.4 Å². The molecule has 1 atom stereocenters. The van der Waals surface area contributed by atoms with E-state index in [-0.39, 0.29) is 17.7 Å². The van der Waals surface area contributed by atoms with Crippen LogP contribution in [0.4, 0.5) is 0 Å². The van der Waals surface area contributed by atoms with E-state index in [4.69, 9.17) is 4.98 Å².